The molecule has 1 heterocycles. The number of aliphatic hydroxyl groups is 1. The molecule has 19 heavy (non-hydrogen) atoms. The van der Waals surface area contributed by atoms with E-state index in [-0.39, 0.29) is 11.6 Å². The van der Waals surface area contributed by atoms with Crippen LogP contribution < -0.4 is 0 Å². The number of amides is 1. The van der Waals surface area contributed by atoms with Gasteiger partial charge >= 0.3 is 0 Å². The largest absolute Gasteiger partial charge is 0.382 e. The van der Waals surface area contributed by atoms with Crippen LogP contribution in [0.15, 0.2) is 30.3 Å². The molecule has 1 saturated heterocycles. The van der Waals surface area contributed by atoms with Crippen molar-refractivity contribution in [2.24, 2.45) is 0 Å². The lowest BCUT2D eigenvalue weighted by molar-refractivity contribution is -0.257. The van der Waals surface area contributed by atoms with Crippen LogP contribution in [-0.2, 0) is 9.73 Å². The molecular formula is C12H10N4O3. The Morgan fingerprint density at radius 1 is 1.32 bits per heavy atom. The van der Waals surface area contributed by atoms with E-state index in [0.717, 1.165) is 10.6 Å². The molecule has 0 bridgehead atoms. The van der Waals surface area contributed by atoms with Gasteiger partial charge in [0, 0.05) is 5.92 Å². The minimum Gasteiger partial charge on any atom is -0.382 e. The molecular weight excluding hydrogens is 248 g/mol. The maximum absolute atomic E-state index is 11.8. The minimum atomic E-state index is -1.25. The summed E-state index contributed by atoms with van der Waals surface area (Å²) in [4.78, 5) is 16.5. The Bertz CT molecular complexity index is 534. The van der Waals surface area contributed by atoms with E-state index in [1.54, 1.807) is 24.3 Å². The molecule has 7 nitrogen and oxygen atoms in total. The maximum atomic E-state index is 11.8. The number of hydrogen-bond acceptors (Lipinski definition) is 6. The van der Waals surface area contributed by atoms with E-state index in [1.807, 2.05) is 6.07 Å². The Balaban J connectivity index is 2.14. The Labute approximate surface area is 109 Å². The van der Waals surface area contributed by atoms with E-state index in [4.69, 9.17) is 15.5 Å². The molecule has 2 rings (SSSR count). The Morgan fingerprint density at radius 3 is 2.53 bits per heavy atom. The Morgan fingerprint density at radius 2 is 1.95 bits per heavy atom. The van der Waals surface area contributed by atoms with Crippen LogP contribution >= 0.6 is 0 Å². The lowest BCUT2D eigenvalue weighted by Crippen LogP contribution is -2.34. The zero-order valence-electron chi connectivity index (χ0n) is 9.80. The van der Waals surface area contributed by atoms with Crippen LogP contribution in [0, 0.1) is 22.9 Å². The third kappa shape index (κ3) is 2.47. The highest BCUT2D eigenvalue weighted by atomic mass is 16.8. The van der Waals surface area contributed by atoms with Gasteiger partial charge in [0.25, 0.3) is 5.91 Å². The molecule has 2 atom stereocenters. The number of rotatable bonds is 3. The van der Waals surface area contributed by atoms with E-state index in [2.05, 4.69) is 0 Å². The fourth-order valence-electron chi connectivity index (χ4n) is 1.91. The summed E-state index contributed by atoms with van der Waals surface area (Å²) in [5, 5.41) is 28.1. The number of carbonyl (C=O) groups is 1. The van der Waals surface area contributed by atoms with Crippen molar-refractivity contribution in [1.82, 2.24) is 10.1 Å². The first-order valence-electron chi connectivity index (χ1n) is 5.49. The maximum Gasteiger partial charge on any atom is 0.277 e. The van der Waals surface area contributed by atoms with Crippen LogP contribution in [0.3, 0.4) is 0 Å². The molecule has 1 aromatic carbocycles. The first kappa shape index (κ1) is 12.8. The zero-order chi connectivity index (χ0) is 13.8. The van der Waals surface area contributed by atoms with Crippen LogP contribution in [0.4, 0.5) is 0 Å². The van der Waals surface area contributed by atoms with Gasteiger partial charge in [0.15, 0.2) is 0 Å². The first-order valence-corrected chi connectivity index (χ1v) is 5.49. The highest BCUT2D eigenvalue weighted by Gasteiger charge is 2.42. The van der Waals surface area contributed by atoms with Crippen LogP contribution in [0.25, 0.3) is 0 Å². The van der Waals surface area contributed by atoms with Crippen molar-refractivity contribution in [1.29, 1.82) is 10.5 Å². The summed E-state index contributed by atoms with van der Waals surface area (Å²) in [6, 6.07) is 9.00. The molecule has 0 aromatic heterocycles. The lowest BCUT2D eigenvalue weighted by Gasteiger charge is -2.15. The number of carbonyl (C=O) groups excluding carboxylic acids is 1. The van der Waals surface area contributed by atoms with Crippen LogP contribution in [0.2, 0.25) is 0 Å². The molecule has 0 aliphatic carbocycles. The average Bonchev–Trinajstić information content (AvgIpc) is 2.74. The van der Waals surface area contributed by atoms with Crippen molar-refractivity contribution >= 4 is 5.91 Å². The second kappa shape index (κ2) is 5.36. The number of hydrogen-bond donors (Lipinski definition) is 1. The number of hydroxylamine groups is 4. The molecule has 1 N–H and O–H groups in total. The molecule has 2 unspecified atom stereocenters. The molecule has 96 valence electrons. The van der Waals surface area contributed by atoms with Crippen molar-refractivity contribution in [2.75, 3.05) is 6.54 Å². The first-order chi connectivity index (χ1) is 9.17. The summed E-state index contributed by atoms with van der Waals surface area (Å²) in [5.74, 6) is -1.13. The summed E-state index contributed by atoms with van der Waals surface area (Å²) in [6.07, 6.45) is 1.64. The quantitative estimate of drug-likeness (QED) is 0.468. The summed E-state index contributed by atoms with van der Waals surface area (Å²) in [5.41, 5.74) is 0.787. The molecule has 0 spiro atoms. The minimum absolute atomic E-state index is 0.0733. The van der Waals surface area contributed by atoms with Gasteiger partial charge in [-0.05, 0) is 5.56 Å². The van der Waals surface area contributed by atoms with Gasteiger partial charge in [-0.1, -0.05) is 35.4 Å². The topological polar surface area (TPSA) is 101 Å². The summed E-state index contributed by atoms with van der Waals surface area (Å²) < 4.78 is 0. The van der Waals surface area contributed by atoms with Gasteiger partial charge in [-0.2, -0.15) is 15.6 Å². The zero-order valence-corrected chi connectivity index (χ0v) is 9.80. The number of nitriles is 2. The SMILES string of the molecule is N#CN(C#N)ON1CC(c2ccccc2)C(O)C1=O. The second-order valence-electron chi connectivity index (χ2n) is 3.94. The van der Waals surface area contributed by atoms with E-state index in [1.165, 1.54) is 12.4 Å². The van der Waals surface area contributed by atoms with Gasteiger partial charge in [0.05, 0.1) is 6.54 Å². The van der Waals surface area contributed by atoms with Gasteiger partial charge in [-0.3, -0.25) is 4.79 Å². The van der Waals surface area contributed by atoms with Crippen molar-refractivity contribution < 1.29 is 14.8 Å². The third-order valence-electron chi connectivity index (χ3n) is 2.83. The smallest absolute Gasteiger partial charge is 0.277 e. The average molecular weight is 258 g/mol. The highest BCUT2D eigenvalue weighted by molar-refractivity contribution is 5.83. The van der Waals surface area contributed by atoms with Crippen molar-refractivity contribution in [3.05, 3.63) is 35.9 Å². The van der Waals surface area contributed by atoms with Gasteiger partial charge in [-0.25, -0.2) is 0 Å². The highest BCUT2D eigenvalue weighted by Crippen LogP contribution is 2.28. The fourth-order valence-corrected chi connectivity index (χ4v) is 1.91. The van der Waals surface area contributed by atoms with Crippen LogP contribution in [-0.4, -0.2) is 33.8 Å². The number of benzene rings is 1. The molecule has 1 amide bonds. The van der Waals surface area contributed by atoms with Crippen molar-refractivity contribution in [3.63, 3.8) is 0 Å². The van der Waals surface area contributed by atoms with Gasteiger partial charge < -0.3 is 5.11 Å². The summed E-state index contributed by atoms with van der Waals surface area (Å²) in [7, 11) is 0. The summed E-state index contributed by atoms with van der Waals surface area (Å²) in [6.45, 7) is 0.0733. The predicted molar refractivity (Wildman–Crippen MR) is 61.1 cm³/mol. The van der Waals surface area contributed by atoms with Gasteiger partial charge in [0.1, 0.15) is 6.10 Å². The van der Waals surface area contributed by atoms with Crippen LogP contribution in [0.1, 0.15) is 11.5 Å². The molecule has 0 radical (unpaired) electrons. The summed E-state index contributed by atoms with van der Waals surface area (Å²) >= 11 is 0. The predicted octanol–water partition coefficient (Wildman–Crippen LogP) is 0.0841. The molecule has 1 aromatic rings. The van der Waals surface area contributed by atoms with E-state index < -0.39 is 17.9 Å². The Kier molecular flexibility index (Phi) is 3.62. The van der Waals surface area contributed by atoms with E-state index >= 15 is 0 Å². The molecule has 1 fully saturated rings. The standard InChI is InChI=1S/C12H10N4O3/c13-7-15(8-14)19-16-6-10(11(17)12(16)18)9-4-2-1-3-5-9/h1-5,10-11,17H,6H2. The molecule has 1 aliphatic heterocycles. The molecule has 0 saturated carbocycles. The van der Waals surface area contributed by atoms with E-state index in [0.29, 0.717) is 0 Å². The number of aliphatic hydroxyl groups excluding tert-OH is 1. The monoisotopic (exact) mass is 258 g/mol. The van der Waals surface area contributed by atoms with Gasteiger partial charge in [0.2, 0.25) is 12.4 Å². The normalized spacial score (nSPS) is 21.8. The number of nitrogens with zero attached hydrogens (tertiary/aromatic N) is 4. The fraction of sp³-hybridized carbons (Fsp3) is 0.250. The van der Waals surface area contributed by atoms with Gasteiger partial charge in [-0.15, -0.1) is 4.94 Å². The molecule has 7 heteroatoms. The van der Waals surface area contributed by atoms with Crippen LogP contribution in [0.5, 0.6) is 0 Å². The molecule has 1 aliphatic rings. The Hall–Kier alpha value is -2.61. The second-order valence-corrected chi connectivity index (χ2v) is 3.94. The third-order valence-corrected chi connectivity index (χ3v) is 2.83. The lowest BCUT2D eigenvalue weighted by atomic mass is 9.96. The van der Waals surface area contributed by atoms with Crippen molar-refractivity contribution in [2.45, 2.75) is 12.0 Å². The van der Waals surface area contributed by atoms with Crippen molar-refractivity contribution in [3.8, 4) is 12.4 Å². The van der Waals surface area contributed by atoms with E-state index in [9.17, 15) is 9.90 Å².